The van der Waals surface area contributed by atoms with Gasteiger partial charge in [0.05, 0.1) is 0 Å². The molecule has 2 aliphatic rings. The van der Waals surface area contributed by atoms with Crippen molar-refractivity contribution in [3.63, 3.8) is 0 Å². The molecule has 1 aliphatic heterocycles. The molecule has 0 saturated heterocycles. The number of hydrogen-bond donors (Lipinski definition) is 3. The van der Waals surface area contributed by atoms with Gasteiger partial charge in [0.15, 0.2) is 5.75 Å². The number of oxime groups is 1. The minimum absolute atomic E-state index is 0.0757. The standard InChI is InChI=1S/C15H18N2O3/c18-13-7-6-11-4-5-12(14(19)15(11)20-17-13)9-16-8-10-2-1-3-10/h4-7,10,16,19H,1-3,8-9H2,(H,17,18). The molecule has 0 spiro atoms. The van der Waals surface area contributed by atoms with Gasteiger partial charge in [0.2, 0.25) is 11.6 Å². The largest absolute Gasteiger partial charge is 0.504 e. The van der Waals surface area contributed by atoms with E-state index < -0.39 is 0 Å². The number of fused-ring (bicyclic) bond motifs is 1. The van der Waals surface area contributed by atoms with Gasteiger partial charge < -0.3 is 20.4 Å². The fourth-order valence-electron chi connectivity index (χ4n) is 2.39. The van der Waals surface area contributed by atoms with Gasteiger partial charge in [0.1, 0.15) is 0 Å². The normalized spacial score (nSPS) is 17.7. The molecular formula is C15H18N2O3. The Morgan fingerprint density at radius 2 is 2.10 bits per heavy atom. The first-order valence-corrected chi connectivity index (χ1v) is 6.91. The second kappa shape index (κ2) is 5.54. The van der Waals surface area contributed by atoms with Crippen LogP contribution >= 0.6 is 0 Å². The Labute approximate surface area is 117 Å². The van der Waals surface area contributed by atoms with E-state index in [1.165, 1.54) is 25.3 Å². The molecule has 5 heteroatoms. The molecule has 1 saturated carbocycles. The Balaban J connectivity index is 1.71. The van der Waals surface area contributed by atoms with Gasteiger partial charge in [-0.15, -0.1) is 0 Å². The Bertz CT molecular complexity index is 562. The minimum Gasteiger partial charge on any atom is -0.504 e. The number of rotatable bonds is 4. The van der Waals surface area contributed by atoms with E-state index in [9.17, 15) is 10.2 Å². The van der Waals surface area contributed by atoms with Gasteiger partial charge in [-0.05, 0) is 36.5 Å². The van der Waals surface area contributed by atoms with Crippen LogP contribution in [0.1, 0.15) is 30.4 Å². The molecule has 0 aromatic heterocycles. The molecule has 0 atom stereocenters. The van der Waals surface area contributed by atoms with E-state index in [0.29, 0.717) is 12.1 Å². The molecule has 0 radical (unpaired) electrons. The number of phenols is 1. The molecule has 3 N–H and O–H groups in total. The fraction of sp³-hybridized carbons (Fsp3) is 0.400. The van der Waals surface area contributed by atoms with Crippen LogP contribution in [0.4, 0.5) is 0 Å². The van der Waals surface area contributed by atoms with Crippen LogP contribution in [-0.4, -0.2) is 22.7 Å². The maximum Gasteiger partial charge on any atom is 0.248 e. The second-order valence-corrected chi connectivity index (χ2v) is 5.29. The fourth-order valence-corrected chi connectivity index (χ4v) is 2.39. The Kier molecular flexibility index (Phi) is 3.60. The summed E-state index contributed by atoms with van der Waals surface area (Å²) >= 11 is 0. The summed E-state index contributed by atoms with van der Waals surface area (Å²) < 4.78 is 0. The number of phenolic OH excluding ortho intramolecular Hbond substituents is 1. The van der Waals surface area contributed by atoms with E-state index in [0.717, 1.165) is 18.0 Å². The molecule has 106 valence electrons. The predicted molar refractivity (Wildman–Crippen MR) is 76.9 cm³/mol. The lowest BCUT2D eigenvalue weighted by atomic mass is 9.85. The summed E-state index contributed by atoms with van der Waals surface area (Å²) in [5.41, 5.74) is 1.46. The van der Waals surface area contributed by atoms with Crippen molar-refractivity contribution in [1.29, 1.82) is 0 Å². The number of nitrogens with one attached hydrogen (secondary N) is 1. The highest BCUT2D eigenvalue weighted by molar-refractivity contribution is 5.91. The number of hydrogen-bond acceptors (Lipinski definition) is 4. The third-order valence-corrected chi connectivity index (χ3v) is 3.86. The lowest BCUT2D eigenvalue weighted by Gasteiger charge is -2.25. The summed E-state index contributed by atoms with van der Waals surface area (Å²) in [7, 11) is 0. The van der Waals surface area contributed by atoms with Gasteiger partial charge in [-0.1, -0.05) is 18.6 Å². The first kappa shape index (κ1) is 13.0. The molecule has 0 unspecified atom stereocenters. The van der Waals surface area contributed by atoms with Crippen molar-refractivity contribution in [3.8, 4) is 11.5 Å². The minimum atomic E-state index is -0.217. The summed E-state index contributed by atoms with van der Waals surface area (Å²) in [5.74, 6) is 0.920. The van der Waals surface area contributed by atoms with Crippen molar-refractivity contribution in [2.45, 2.75) is 25.8 Å². The molecule has 1 fully saturated rings. The van der Waals surface area contributed by atoms with E-state index in [1.54, 1.807) is 6.08 Å². The molecular weight excluding hydrogens is 256 g/mol. The average molecular weight is 274 g/mol. The third-order valence-electron chi connectivity index (χ3n) is 3.86. The highest BCUT2D eigenvalue weighted by Crippen LogP contribution is 2.36. The zero-order valence-corrected chi connectivity index (χ0v) is 11.2. The van der Waals surface area contributed by atoms with E-state index in [1.807, 2.05) is 12.1 Å². The monoisotopic (exact) mass is 274 g/mol. The molecule has 0 bridgehead atoms. The van der Waals surface area contributed by atoms with Crippen molar-refractivity contribution < 1.29 is 15.1 Å². The molecule has 1 aromatic carbocycles. The Morgan fingerprint density at radius 1 is 1.25 bits per heavy atom. The lowest BCUT2D eigenvalue weighted by Crippen LogP contribution is -2.26. The number of nitrogens with zero attached hydrogens (tertiary/aromatic N) is 1. The molecule has 1 aromatic rings. The van der Waals surface area contributed by atoms with Gasteiger partial charge in [-0.2, -0.15) is 0 Å². The van der Waals surface area contributed by atoms with Crippen molar-refractivity contribution in [3.05, 3.63) is 29.3 Å². The van der Waals surface area contributed by atoms with Crippen LogP contribution in [0, 0.1) is 5.92 Å². The summed E-state index contributed by atoms with van der Waals surface area (Å²) in [6.45, 7) is 1.58. The van der Waals surface area contributed by atoms with E-state index in [-0.39, 0.29) is 17.4 Å². The zero-order valence-electron chi connectivity index (χ0n) is 11.2. The number of aliphatic hydroxyl groups is 1. The quantitative estimate of drug-likeness (QED) is 0.789. The smallest absolute Gasteiger partial charge is 0.248 e. The SMILES string of the molecule is OC1=NOc2c(ccc(CNCC3CCC3)c2O)C=C1. The Morgan fingerprint density at radius 3 is 2.85 bits per heavy atom. The predicted octanol–water partition coefficient (Wildman–Crippen LogP) is 2.56. The molecule has 20 heavy (non-hydrogen) atoms. The van der Waals surface area contributed by atoms with E-state index >= 15 is 0 Å². The van der Waals surface area contributed by atoms with Crippen LogP contribution in [-0.2, 0) is 6.54 Å². The van der Waals surface area contributed by atoms with E-state index in [2.05, 4.69) is 10.5 Å². The zero-order chi connectivity index (χ0) is 13.9. The lowest BCUT2D eigenvalue weighted by molar-refractivity contribution is 0.297. The van der Waals surface area contributed by atoms with Gasteiger partial charge in [-0.25, -0.2) is 0 Å². The van der Waals surface area contributed by atoms with Crippen LogP contribution in [0.2, 0.25) is 0 Å². The molecule has 1 aliphatic carbocycles. The number of benzene rings is 1. The highest BCUT2D eigenvalue weighted by atomic mass is 16.6. The van der Waals surface area contributed by atoms with Gasteiger partial charge in [0, 0.05) is 23.7 Å². The topological polar surface area (TPSA) is 74.1 Å². The van der Waals surface area contributed by atoms with Gasteiger partial charge in [-0.3, -0.25) is 0 Å². The average Bonchev–Trinajstić information content (AvgIpc) is 2.58. The molecule has 3 rings (SSSR count). The van der Waals surface area contributed by atoms with E-state index in [4.69, 9.17) is 4.84 Å². The summed E-state index contributed by atoms with van der Waals surface area (Å²) in [4.78, 5) is 5.09. The highest BCUT2D eigenvalue weighted by Gasteiger charge is 2.18. The van der Waals surface area contributed by atoms with Crippen molar-refractivity contribution in [2.75, 3.05) is 6.54 Å². The van der Waals surface area contributed by atoms with Crippen LogP contribution in [0.15, 0.2) is 23.4 Å². The van der Waals surface area contributed by atoms with Crippen LogP contribution in [0.3, 0.4) is 0 Å². The second-order valence-electron chi connectivity index (χ2n) is 5.29. The summed E-state index contributed by atoms with van der Waals surface area (Å²) in [6.07, 6.45) is 7.01. The van der Waals surface area contributed by atoms with Crippen molar-refractivity contribution in [1.82, 2.24) is 5.32 Å². The van der Waals surface area contributed by atoms with Crippen molar-refractivity contribution >= 4 is 12.0 Å². The first-order chi connectivity index (χ1) is 9.74. The molecule has 1 heterocycles. The number of aromatic hydroxyl groups is 1. The van der Waals surface area contributed by atoms with Crippen LogP contribution in [0.25, 0.3) is 6.08 Å². The molecule has 0 amide bonds. The summed E-state index contributed by atoms with van der Waals surface area (Å²) in [5, 5.41) is 26.4. The maximum absolute atomic E-state index is 10.2. The van der Waals surface area contributed by atoms with Crippen molar-refractivity contribution in [2.24, 2.45) is 11.1 Å². The first-order valence-electron chi connectivity index (χ1n) is 6.91. The van der Waals surface area contributed by atoms with Gasteiger partial charge >= 0.3 is 0 Å². The Hall–Kier alpha value is -2.01. The van der Waals surface area contributed by atoms with Crippen LogP contribution in [0.5, 0.6) is 11.5 Å². The number of aliphatic hydroxyl groups excluding tert-OH is 1. The summed E-state index contributed by atoms with van der Waals surface area (Å²) in [6, 6.07) is 3.71. The molecule has 5 nitrogen and oxygen atoms in total. The van der Waals surface area contributed by atoms with Crippen LogP contribution < -0.4 is 10.2 Å². The third kappa shape index (κ3) is 2.63. The van der Waals surface area contributed by atoms with Gasteiger partial charge in [0.25, 0.3) is 0 Å². The maximum atomic E-state index is 10.2.